The van der Waals surface area contributed by atoms with Gasteiger partial charge in [0.25, 0.3) is 0 Å². The quantitative estimate of drug-likeness (QED) is 0.900. The minimum atomic E-state index is 0.553. The van der Waals surface area contributed by atoms with Crippen molar-refractivity contribution in [3.63, 3.8) is 0 Å². The SMILES string of the molecule is CC1CCc2nc(-c3ccc(C(C)C)cc3)c(N)n2C1. The maximum absolute atomic E-state index is 6.32. The van der Waals surface area contributed by atoms with Crippen molar-refractivity contribution in [3.8, 4) is 11.3 Å². The first-order chi connectivity index (χ1) is 9.56. The third kappa shape index (κ3) is 2.21. The van der Waals surface area contributed by atoms with Crippen molar-refractivity contribution in [2.75, 3.05) is 5.73 Å². The van der Waals surface area contributed by atoms with Gasteiger partial charge in [-0.3, -0.25) is 0 Å². The highest BCUT2D eigenvalue weighted by molar-refractivity contribution is 5.71. The van der Waals surface area contributed by atoms with Crippen molar-refractivity contribution in [2.45, 2.75) is 46.1 Å². The van der Waals surface area contributed by atoms with Gasteiger partial charge in [0.05, 0.1) is 0 Å². The average molecular weight is 269 g/mol. The molecule has 3 nitrogen and oxygen atoms in total. The fraction of sp³-hybridized carbons (Fsp3) is 0.471. The van der Waals surface area contributed by atoms with Gasteiger partial charge in [0.15, 0.2) is 0 Å². The number of hydrogen-bond acceptors (Lipinski definition) is 2. The number of rotatable bonds is 2. The van der Waals surface area contributed by atoms with Crippen molar-refractivity contribution >= 4 is 5.82 Å². The fourth-order valence-electron chi connectivity index (χ4n) is 2.92. The number of aryl methyl sites for hydroxylation is 1. The lowest BCUT2D eigenvalue weighted by atomic mass is 10.0. The van der Waals surface area contributed by atoms with Gasteiger partial charge < -0.3 is 10.3 Å². The van der Waals surface area contributed by atoms with Crippen LogP contribution in [0.25, 0.3) is 11.3 Å². The zero-order chi connectivity index (χ0) is 14.3. The summed E-state index contributed by atoms with van der Waals surface area (Å²) in [6.45, 7) is 7.69. The van der Waals surface area contributed by atoms with E-state index in [2.05, 4.69) is 49.6 Å². The molecule has 0 radical (unpaired) electrons. The highest BCUT2D eigenvalue weighted by atomic mass is 15.1. The van der Waals surface area contributed by atoms with E-state index >= 15 is 0 Å². The molecule has 2 heterocycles. The number of benzene rings is 1. The number of anilines is 1. The van der Waals surface area contributed by atoms with Gasteiger partial charge in [-0.1, -0.05) is 45.0 Å². The normalized spacial score (nSPS) is 18.3. The molecular weight excluding hydrogens is 246 g/mol. The molecule has 0 bridgehead atoms. The third-order valence-electron chi connectivity index (χ3n) is 4.29. The molecule has 1 aromatic carbocycles. The first-order valence-electron chi connectivity index (χ1n) is 7.51. The lowest BCUT2D eigenvalue weighted by Crippen LogP contribution is -2.19. The van der Waals surface area contributed by atoms with Crippen LogP contribution in [0.15, 0.2) is 24.3 Å². The van der Waals surface area contributed by atoms with Crippen LogP contribution in [-0.2, 0) is 13.0 Å². The molecule has 3 heteroatoms. The number of hydrogen-bond donors (Lipinski definition) is 1. The molecule has 0 amide bonds. The molecule has 2 aromatic rings. The van der Waals surface area contributed by atoms with E-state index in [1.165, 1.54) is 12.0 Å². The predicted molar refractivity (Wildman–Crippen MR) is 83.6 cm³/mol. The van der Waals surface area contributed by atoms with Crippen LogP contribution in [0.1, 0.15) is 44.5 Å². The first kappa shape index (κ1) is 13.2. The summed E-state index contributed by atoms with van der Waals surface area (Å²) < 4.78 is 2.19. The number of imidazole rings is 1. The monoisotopic (exact) mass is 269 g/mol. The van der Waals surface area contributed by atoms with Crippen LogP contribution in [0, 0.1) is 5.92 Å². The number of nitrogens with two attached hydrogens (primary N) is 1. The van der Waals surface area contributed by atoms with Crippen LogP contribution >= 0.6 is 0 Å². The van der Waals surface area contributed by atoms with Crippen molar-refractivity contribution in [1.29, 1.82) is 0 Å². The Morgan fingerprint density at radius 2 is 1.95 bits per heavy atom. The van der Waals surface area contributed by atoms with Crippen LogP contribution < -0.4 is 5.73 Å². The minimum Gasteiger partial charge on any atom is -0.383 e. The first-order valence-corrected chi connectivity index (χ1v) is 7.51. The van der Waals surface area contributed by atoms with Crippen molar-refractivity contribution in [1.82, 2.24) is 9.55 Å². The van der Waals surface area contributed by atoms with Gasteiger partial charge in [0, 0.05) is 18.5 Å². The van der Waals surface area contributed by atoms with Crippen molar-refractivity contribution in [3.05, 3.63) is 35.7 Å². The van der Waals surface area contributed by atoms with Gasteiger partial charge in [-0.25, -0.2) is 4.98 Å². The Labute approximate surface area is 120 Å². The smallest absolute Gasteiger partial charge is 0.131 e. The Hall–Kier alpha value is -1.77. The third-order valence-corrected chi connectivity index (χ3v) is 4.29. The molecule has 0 aliphatic carbocycles. The summed E-state index contributed by atoms with van der Waals surface area (Å²) >= 11 is 0. The number of nitrogen functional groups attached to an aromatic ring is 1. The van der Waals surface area contributed by atoms with Gasteiger partial charge in [0.1, 0.15) is 17.3 Å². The molecule has 1 aliphatic heterocycles. The highest BCUT2D eigenvalue weighted by Crippen LogP contribution is 2.31. The van der Waals surface area contributed by atoms with Crippen LogP contribution in [-0.4, -0.2) is 9.55 Å². The van der Waals surface area contributed by atoms with Crippen molar-refractivity contribution in [2.24, 2.45) is 5.92 Å². The molecule has 1 unspecified atom stereocenters. The van der Waals surface area contributed by atoms with E-state index in [1.54, 1.807) is 0 Å². The molecule has 0 spiro atoms. The number of aromatic nitrogens is 2. The van der Waals surface area contributed by atoms with Crippen LogP contribution in [0.3, 0.4) is 0 Å². The molecule has 20 heavy (non-hydrogen) atoms. The van der Waals surface area contributed by atoms with Gasteiger partial charge in [-0.2, -0.15) is 0 Å². The van der Waals surface area contributed by atoms with E-state index in [1.807, 2.05) is 0 Å². The number of nitrogens with zero attached hydrogens (tertiary/aromatic N) is 2. The predicted octanol–water partition coefficient (Wildman–Crippen LogP) is 3.84. The lowest BCUT2D eigenvalue weighted by molar-refractivity contribution is 0.397. The van der Waals surface area contributed by atoms with E-state index in [0.29, 0.717) is 11.8 Å². The van der Waals surface area contributed by atoms with Crippen molar-refractivity contribution < 1.29 is 0 Å². The molecule has 0 saturated carbocycles. The molecule has 0 saturated heterocycles. The standard InChI is InChI=1S/C17H23N3/c1-11(2)13-5-7-14(8-6-13)16-17(18)20-10-12(3)4-9-15(20)19-16/h5-8,11-12H,4,9-10,18H2,1-3H3. The van der Waals surface area contributed by atoms with Gasteiger partial charge in [-0.15, -0.1) is 0 Å². The van der Waals surface area contributed by atoms with Crippen LogP contribution in [0.2, 0.25) is 0 Å². The molecule has 106 valence electrons. The molecule has 1 atom stereocenters. The zero-order valence-corrected chi connectivity index (χ0v) is 12.6. The summed E-state index contributed by atoms with van der Waals surface area (Å²) in [5.74, 6) is 3.21. The molecule has 1 aliphatic rings. The summed E-state index contributed by atoms with van der Waals surface area (Å²) in [4.78, 5) is 4.77. The Balaban J connectivity index is 1.98. The Kier molecular flexibility index (Phi) is 3.28. The van der Waals surface area contributed by atoms with E-state index in [0.717, 1.165) is 35.9 Å². The lowest BCUT2D eigenvalue weighted by Gasteiger charge is -2.20. The maximum atomic E-state index is 6.32. The van der Waals surface area contributed by atoms with E-state index < -0.39 is 0 Å². The second-order valence-corrected chi connectivity index (χ2v) is 6.29. The maximum Gasteiger partial charge on any atom is 0.131 e. The van der Waals surface area contributed by atoms with E-state index in [4.69, 9.17) is 10.7 Å². The molecule has 3 rings (SSSR count). The molecule has 2 N–H and O–H groups in total. The summed E-state index contributed by atoms with van der Waals surface area (Å²) in [7, 11) is 0. The molecule has 1 aromatic heterocycles. The van der Waals surface area contributed by atoms with E-state index in [-0.39, 0.29) is 0 Å². The average Bonchev–Trinajstić information content (AvgIpc) is 2.76. The highest BCUT2D eigenvalue weighted by Gasteiger charge is 2.21. The number of fused-ring (bicyclic) bond motifs is 1. The summed E-state index contributed by atoms with van der Waals surface area (Å²) in [5.41, 5.74) is 9.74. The second-order valence-electron chi connectivity index (χ2n) is 6.29. The Morgan fingerprint density at radius 3 is 2.60 bits per heavy atom. The zero-order valence-electron chi connectivity index (χ0n) is 12.6. The molecule has 0 fully saturated rings. The van der Waals surface area contributed by atoms with Gasteiger partial charge in [0.2, 0.25) is 0 Å². The van der Waals surface area contributed by atoms with Gasteiger partial charge >= 0.3 is 0 Å². The summed E-state index contributed by atoms with van der Waals surface area (Å²) in [5, 5.41) is 0. The summed E-state index contributed by atoms with van der Waals surface area (Å²) in [6, 6.07) is 8.65. The minimum absolute atomic E-state index is 0.553. The largest absolute Gasteiger partial charge is 0.383 e. The second kappa shape index (κ2) is 4.97. The Morgan fingerprint density at radius 1 is 1.25 bits per heavy atom. The van der Waals surface area contributed by atoms with Gasteiger partial charge in [-0.05, 0) is 23.8 Å². The fourth-order valence-corrected chi connectivity index (χ4v) is 2.92. The Bertz CT molecular complexity index is 608. The van der Waals surface area contributed by atoms with Crippen LogP contribution in [0.5, 0.6) is 0 Å². The topological polar surface area (TPSA) is 43.8 Å². The molecular formula is C17H23N3. The van der Waals surface area contributed by atoms with Crippen LogP contribution in [0.4, 0.5) is 5.82 Å². The summed E-state index contributed by atoms with van der Waals surface area (Å²) in [6.07, 6.45) is 2.25. The van der Waals surface area contributed by atoms with E-state index in [9.17, 15) is 0 Å².